The molecule has 102 valence electrons. The Morgan fingerprint density at radius 2 is 2.05 bits per heavy atom. The molecular weight excluding hydrogens is 259 g/mol. The first kappa shape index (κ1) is 14.0. The zero-order valence-electron chi connectivity index (χ0n) is 11.7. The molecule has 0 fully saturated rings. The van der Waals surface area contributed by atoms with Gasteiger partial charge in [0.25, 0.3) is 0 Å². The highest BCUT2D eigenvalue weighted by molar-refractivity contribution is 7.09. The first-order valence-electron chi connectivity index (χ1n) is 6.31. The molecule has 19 heavy (non-hydrogen) atoms. The maximum Gasteiger partial charge on any atom is 0.125 e. The third-order valence-corrected chi connectivity index (χ3v) is 4.17. The Morgan fingerprint density at radius 3 is 2.68 bits per heavy atom. The summed E-state index contributed by atoms with van der Waals surface area (Å²) in [5.74, 6) is -0.221. The van der Waals surface area contributed by atoms with Gasteiger partial charge in [-0.3, -0.25) is 0 Å². The quantitative estimate of drug-likeness (QED) is 0.894. The van der Waals surface area contributed by atoms with Crippen LogP contribution in [0.3, 0.4) is 0 Å². The van der Waals surface area contributed by atoms with E-state index in [0.29, 0.717) is 6.54 Å². The minimum absolute atomic E-state index is 0.0810. The Balaban J connectivity index is 2.06. The van der Waals surface area contributed by atoms with Crippen molar-refractivity contribution in [2.24, 2.45) is 0 Å². The molecule has 2 nitrogen and oxygen atoms in total. The number of hydrogen-bond donors (Lipinski definition) is 1. The summed E-state index contributed by atoms with van der Waals surface area (Å²) >= 11 is 1.67. The van der Waals surface area contributed by atoms with Crippen molar-refractivity contribution in [2.45, 2.75) is 39.7 Å². The van der Waals surface area contributed by atoms with Crippen LogP contribution in [0.5, 0.6) is 0 Å². The SMILES string of the molecule is Cc1ccc(F)cc1NCc1csc(C(C)(C)C)n1. The Hall–Kier alpha value is -1.42. The van der Waals surface area contributed by atoms with Crippen LogP contribution in [0.15, 0.2) is 23.6 Å². The molecule has 0 radical (unpaired) electrons. The number of thiazole rings is 1. The van der Waals surface area contributed by atoms with Crippen molar-refractivity contribution in [1.29, 1.82) is 0 Å². The lowest BCUT2D eigenvalue weighted by molar-refractivity contribution is 0.583. The van der Waals surface area contributed by atoms with Gasteiger partial charge in [-0.15, -0.1) is 11.3 Å². The van der Waals surface area contributed by atoms with Gasteiger partial charge < -0.3 is 5.32 Å². The molecular formula is C15H19FN2S. The third kappa shape index (κ3) is 3.53. The molecule has 0 aliphatic carbocycles. The molecule has 0 aliphatic heterocycles. The van der Waals surface area contributed by atoms with Crippen LogP contribution < -0.4 is 5.32 Å². The van der Waals surface area contributed by atoms with Gasteiger partial charge in [-0.2, -0.15) is 0 Å². The average Bonchev–Trinajstić information content (AvgIpc) is 2.79. The minimum Gasteiger partial charge on any atom is -0.379 e. The van der Waals surface area contributed by atoms with Crippen molar-refractivity contribution in [2.75, 3.05) is 5.32 Å². The summed E-state index contributed by atoms with van der Waals surface area (Å²) in [7, 11) is 0. The highest BCUT2D eigenvalue weighted by Crippen LogP contribution is 2.26. The van der Waals surface area contributed by atoms with Gasteiger partial charge in [-0.05, 0) is 24.6 Å². The predicted octanol–water partition coefficient (Wildman–Crippen LogP) is 4.50. The number of aromatic nitrogens is 1. The molecule has 0 saturated heterocycles. The highest BCUT2D eigenvalue weighted by atomic mass is 32.1. The van der Waals surface area contributed by atoms with E-state index in [1.54, 1.807) is 17.4 Å². The van der Waals surface area contributed by atoms with Crippen molar-refractivity contribution in [3.05, 3.63) is 45.7 Å². The Morgan fingerprint density at radius 1 is 1.32 bits per heavy atom. The van der Waals surface area contributed by atoms with E-state index >= 15 is 0 Å². The molecule has 0 bridgehead atoms. The topological polar surface area (TPSA) is 24.9 Å². The number of nitrogens with one attached hydrogen (secondary N) is 1. The second-order valence-electron chi connectivity index (χ2n) is 5.71. The number of hydrogen-bond acceptors (Lipinski definition) is 3. The first-order valence-corrected chi connectivity index (χ1v) is 7.19. The largest absolute Gasteiger partial charge is 0.379 e. The van der Waals surface area contributed by atoms with Gasteiger partial charge in [0.05, 0.1) is 17.2 Å². The second-order valence-corrected chi connectivity index (χ2v) is 6.56. The lowest BCUT2D eigenvalue weighted by atomic mass is 9.98. The monoisotopic (exact) mass is 278 g/mol. The van der Waals surface area contributed by atoms with E-state index in [1.807, 2.05) is 6.92 Å². The van der Waals surface area contributed by atoms with Gasteiger partial charge in [-0.25, -0.2) is 9.37 Å². The van der Waals surface area contributed by atoms with E-state index in [2.05, 4.69) is 36.5 Å². The molecule has 4 heteroatoms. The summed E-state index contributed by atoms with van der Waals surface area (Å²) in [6.07, 6.45) is 0. The number of aryl methyl sites for hydroxylation is 1. The Kier molecular flexibility index (Phi) is 3.90. The summed E-state index contributed by atoms with van der Waals surface area (Å²) in [5, 5.41) is 6.42. The van der Waals surface area contributed by atoms with Crippen LogP contribution in [0.1, 0.15) is 37.0 Å². The predicted molar refractivity (Wildman–Crippen MR) is 79.3 cm³/mol. The summed E-state index contributed by atoms with van der Waals surface area (Å²) < 4.78 is 13.2. The molecule has 1 heterocycles. The zero-order valence-corrected chi connectivity index (χ0v) is 12.6. The molecule has 0 spiro atoms. The van der Waals surface area contributed by atoms with Crippen LogP contribution in [-0.4, -0.2) is 4.98 Å². The van der Waals surface area contributed by atoms with Crippen LogP contribution in [-0.2, 0) is 12.0 Å². The number of rotatable bonds is 3. The molecule has 0 amide bonds. The van der Waals surface area contributed by atoms with Crippen molar-refractivity contribution >= 4 is 17.0 Å². The van der Waals surface area contributed by atoms with Crippen LogP contribution in [0.2, 0.25) is 0 Å². The second kappa shape index (κ2) is 5.29. The van der Waals surface area contributed by atoms with Crippen molar-refractivity contribution in [3.8, 4) is 0 Å². The lowest BCUT2D eigenvalue weighted by Crippen LogP contribution is -2.11. The van der Waals surface area contributed by atoms with E-state index in [-0.39, 0.29) is 11.2 Å². The van der Waals surface area contributed by atoms with Gasteiger partial charge in [0.1, 0.15) is 5.82 Å². The summed E-state index contributed by atoms with van der Waals surface area (Å²) in [5.41, 5.74) is 2.94. The van der Waals surface area contributed by atoms with E-state index in [0.717, 1.165) is 22.0 Å². The number of benzene rings is 1. The molecule has 1 aromatic carbocycles. The van der Waals surface area contributed by atoms with Gasteiger partial charge in [0.2, 0.25) is 0 Å². The maximum atomic E-state index is 13.2. The smallest absolute Gasteiger partial charge is 0.125 e. The number of halogens is 1. The maximum absolute atomic E-state index is 13.2. The van der Waals surface area contributed by atoms with Crippen LogP contribution >= 0.6 is 11.3 Å². The summed E-state index contributed by atoms with van der Waals surface area (Å²) in [6.45, 7) is 9.04. The zero-order chi connectivity index (χ0) is 14.0. The molecule has 0 atom stereocenters. The van der Waals surface area contributed by atoms with Crippen molar-refractivity contribution in [1.82, 2.24) is 4.98 Å². The molecule has 0 unspecified atom stereocenters. The minimum atomic E-state index is -0.221. The van der Waals surface area contributed by atoms with E-state index in [9.17, 15) is 4.39 Å². The molecule has 0 saturated carbocycles. The van der Waals surface area contributed by atoms with Crippen LogP contribution in [0.25, 0.3) is 0 Å². The van der Waals surface area contributed by atoms with Crippen LogP contribution in [0, 0.1) is 12.7 Å². The van der Waals surface area contributed by atoms with Gasteiger partial charge in [0, 0.05) is 16.5 Å². The Labute approximate surface area is 117 Å². The van der Waals surface area contributed by atoms with Crippen molar-refractivity contribution in [3.63, 3.8) is 0 Å². The van der Waals surface area contributed by atoms with E-state index in [4.69, 9.17) is 0 Å². The molecule has 1 aromatic heterocycles. The number of nitrogens with zero attached hydrogens (tertiary/aromatic N) is 1. The van der Waals surface area contributed by atoms with Gasteiger partial charge in [0.15, 0.2) is 0 Å². The van der Waals surface area contributed by atoms with Crippen LogP contribution in [0.4, 0.5) is 10.1 Å². The Bertz CT molecular complexity index is 570. The molecule has 2 rings (SSSR count). The third-order valence-electron chi connectivity index (χ3n) is 2.85. The fourth-order valence-corrected chi connectivity index (χ4v) is 2.61. The average molecular weight is 278 g/mol. The summed E-state index contributed by atoms with van der Waals surface area (Å²) in [4.78, 5) is 4.61. The lowest BCUT2D eigenvalue weighted by Gasteiger charge is -2.13. The standard InChI is InChI=1S/C15H19FN2S/c1-10-5-6-11(16)7-13(10)17-8-12-9-19-14(18-12)15(2,3)4/h5-7,9,17H,8H2,1-4H3. The first-order chi connectivity index (χ1) is 8.86. The summed E-state index contributed by atoms with van der Waals surface area (Å²) in [6, 6.07) is 4.77. The fraction of sp³-hybridized carbons (Fsp3) is 0.400. The van der Waals surface area contributed by atoms with E-state index in [1.165, 1.54) is 12.1 Å². The van der Waals surface area contributed by atoms with Gasteiger partial charge >= 0.3 is 0 Å². The van der Waals surface area contributed by atoms with Crippen molar-refractivity contribution < 1.29 is 4.39 Å². The highest BCUT2D eigenvalue weighted by Gasteiger charge is 2.17. The van der Waals surface area contributed by atoms with Gasteiger partial charge in [-0.1, -0.05) is 26.8 Å². The normalized spacial score (nSPS) is 11.6. The fourth-order valence-electron chi connectivity index (χ4n) is 1.70. The molecule has 0 aliphatic rings. The molecule has 2 aromatic rings. The molecule has 1 N–H and O–H groups in total. The van der Waals surface area contributed by atoms with E-state index < -0.39 is 0 Å². The number of anilines is 1.